The lowest BCUT2D eigenvalue weighted by atomic mass is 9.96. The number of rotatable bonds is 0. The molecule has 3 radical (unpaired) electrons. The Balaban J connectivity index is 0.000000187. The summed E-state index contributed by atoms with van der Waals surface area (Å²) in [6.07, 6.45) is 0. The molecule has 4 aromatic rings. The van der Waals surface area contributed by atoms with Crippen LogP contribution in [0.25, 0.3) is 22.1 Å². The molecule has 4 rings (SSSR count). The number of imidazole rings is 2. The van der Waals surface area contributed by atoms with Crippen LogP contribution < -0.4 is 0 Å². The minimum absolute atomic E-state index is 0. The Morgan fingerprint density at radius 1 is 0.593 bits per heavy atom. The molecule has 2 aromatic heterocycles. The number of hydrogen-bond acceptors (Lipinski definition) is 2. The third-order valence-corrected chi connectivity index (χ3v) is 4.20. The molecule has 2 aromatic carbocycles. The lowest BCUT2D eigenvalue weighted by Crippen LogP contribution is -2.12. The highest BCUT2D eigenvalue weighted by Gasteiger charge is 2.18. The zero-order valence-corrected chi connectivity index (χ0v) is 17.1. The molecule has 2 N–H and O–H groups in total. The first-order valence-corrected chi connectivity index (χ1v) is 9.05. The number of nitrogens with one attached hydrogen (secondary N) is 2. The molecule has 0 aliphatic carbocycles. The van der Waals surface area contributed by atoms with Crippen LogP contribution in [0.2, 0.25) is 0 Å². The lowest BCUT2D eigenvalue weighted by Gasteiger charge is -2.13. The summed E-state index contributed by atoms with van der Waals surface area (Å²) in [5.41, 5.74) is 4.53. The van der Waals surface area contributed by atoms with Gasteiger partial charge in [-0.25, -0.2) is 9.97 Å². The molecule has 27 heavy (non-hydrogen) atoms. The first-order chi connectivity index (χ1) is 12.1. The maximum atomic E-state index is 4.53. The summed E-state index contributed by atoms with van der Waals surface area (Å²) in [7, 11) is 0. The van der Waals surface area contributed by atoms with Gasteiger partial charge in [-0.1, -0.05) is 65.8 Å². The number of aromatic nitrogens is 4. The second-order valence-electron chi connectivity index (χ2n) is 8.71. The monoisotopic (exact) mass is 359 g/mol. The summed E-state index contributed by atoms with van der Waals surface area (Å²) >= 11 is 0. The van der Waals surface area contributed by atoms with Gasteiger partial charge in [-0.3, -0.25) is 0 Å². The lowest BCUT2D eigenvalue weighted by molar-refractivity contribution is 0.554. The molecule has 0 amide bonds. The molecule has 2 heterocycles. The van der Waals surface area contributed by atoms with Crippen LogP contribution in [0.5, 0.6) is 0 Å². The van der Waals surface area contributed by atoms with Crippen molar-refractivity contribution >= 4 is 30.5 Å². The number of nitrogens with zero attached hydrogens (tertiary/aromatic N) is 2. The van der Waals surface area contributed by atoms with Gasteiger partial charge in [0, 0.05) is 19.2 Å². The van der Waals surface area contributed by atoms with Crippen LogP contribution in [-0.2, 0) is 10.8 Å². The van der Waals surface area contributed by atoms with Gasteiger partial charge in [0.2, 0.25) is 0 Å². The van der Waals surface area contributed by atoms with E-state index in [-0.39, 0.29) is 19.2 Å². The summed E-state index contributed by atoms with van der Waals surface area (Å²) < 4.78 is 0. The van der Waals surface area contributed by atoms with Crippen LogP contribution in [0.15, 0.2) is 48.5 Å². The Bertz CT molecular complexity index is 866. The fourth-order valence-electron chi connectivity index (χ4n) is 2.62. The molecule has 0 atom stereocenters. The van der Waals surface area contributed by atoms with Crippen molar-refractivity contribution in [1.82, 2.24) is 19.9 Å². The van der Waals surface area contributed by atoms with Gasteiger partial charge < -0.3 is 9.97 Å². The van der Waals surface area contributed by atoms with Crippen molar-refractivity contribution in [2.75, 3.05) is 0 Å². The Hall–Kier alpha value is -2.56. The van der Waals surface area contributed by atoms with Crippen molar-refractivity contribution in [2.45, 2.75) is 52.4 Å². The largest absolute Gasteiger partial charge is 0.342 e. The number of fused-ring (bicyclic) bond motifs is 2. The fourth-order valence-corrected chi connectivity index (χ4v) is 2.62. The number of benzene rings is 2. The second kappa shape index (κ2) is 7.59. The van der Waals surface area contributed by atoms with Crippen LogP contribution in [0.3, 0.4) is 0 Å². The molecule has 0 bridgehead atoms. The van der Waals surface area contributed by atoms with E-state index in [1.165, 1.54) is 0 Å². The summed E-state index contributed by atoms with van der Waals surface area (Å²) in [5.74, 6) is 2.10. The van der Waals surface area contributed by atoms with E-state index >= 15 is 0 Å². The Morgan fingerprint density at radius 2 is 0.926 bits per heavy atom. The maximum absolute atomic E-state index is 4.53. The average Bonchev–Trinajstić information content (AvgIpc) is 3.19. The predicted molar refractivity (Wildman–Crippen MR) is 115 cm³/mol. The first-order valence-electron chi connectivity index (χ1n) is 9.05. The topological polar surface area (TPSA) is 57.4 Å². The number of hydrogen-bond donors (Lipinski definition) is 2. The molecule has 0 unspecified atom stereocenters. The van der Waals surface area contributed by atoms with Gasteiger partial charge in [-0.15, -0.1) is 0 Å². The molecule has 0 saturated carbocycles. The van der Waals surface area contributed by atoms with Gasteiger partial charge in [0.15, 0.2) is 0 Å². The second-order valence-corrected chi connectivity index (χ2v) is 8.71. The van der Waals surface area contributed by atoms with Crippen molar-refractivity contribution < 1.29 is 0 Å². The van der Waals surface area contributed by atoms with Crippen LogP contribution in [0, 0.1) is 0 Å². The van der Waals surface area contributed by atoms with E-state index in [2.05, 4.69) is 73.6 Å². The highest BCUT2D eigenvalue weighted by atomic mass is 14.9. The third-order valence-electron chi connectivity index (χ3n) is 4.20. The summed E-state index contributed by atoms with van der Waals surface area (Å²) in [5, 5.41) is 0. The van der Waals surface area contributed by atoms with Crippen LogP contribution in [-0.4, -0.2) is 28.3 Å². The van der Waals surface area contributed by atoms with Crippen LogP contribution >= 0.6 is 0 Å². The fraction of sp³-hybridized carbons (Fsp3) is 0.364. The minimum atomic E-state index is 0. The molecule has 0 aliphatic rings. The highest BCUT2D eigenvalue weighted by molar-refractivity contribution is 5.76. The van der Waals surface area contributed by atoms with Gasteiger partial charge in [0.25, 0.3) is 0 Å². The smallest absolute Gasteiger partial charge is 0.112 e. The van der Waals surface area contributed by atoms with Crippen molar-refractivity contribution in [1.29, 1.82) is 0 Å². The molecular weight excluding hydrogens is 331 g/mol. The van der Waals surface area contributed by atoms with E-state index < -0.39 is 0 Å². The average molecular weight is 359 g/mol. The van der Waals surface area contributed by atoms with E-state index in [0.717, 1.165) is 33.7 Å². The third kappa shape index (κ3) is 4.79. The summed E-state index contributed by atoms with van der Waals surface area (Å²) in [4.78, 5) is 15.7. The molecule has 4 nitrogen and oxygen atoms in total. The first kappa shape index (κ1) is 20.8. The molecule has 0 spiro atoms. The van der Waals surface area contributed by atoms with E-state index in [1.807, 2.05) is 36.4 Å². The van der Waals surface area contributed by atoms with E-state index in [4.69, 9.17) is 0 Å². The van der Waals surface area contributed by atoms with Crippen LogP contribution in [0.1, 0.15) is 53.2 Å². The predicted octanol–water partition coefficient (Wildman–Crippen LogP) is 5.34. The van der Waals surface area contributed by atoms with Crippen molar-refractivity contribution in [3.8, 4) is 0 Å². The minimum Gasteiger partial charge on any atom is -0.342 e. The van der Waals surface area contributed by atoms with Crippen molar-refractivity contribution in [3.05, 3.63) is 60.2 Å². The Labute approximate surface area is 163 Å². The Kier molecular flexibility index (Phi) is 5.83. The molecule has 139 valence electrons. The van der Waals surface area contributed by atoms with Gasteiger partial charge in [-0.05, 0) is 24.3 Å². The Morgan fingerprint density at radius 3 is 1.22 bits per heavy atom. The standard InChI is InChI=1S/2C11H14N2.B/c2*1-11(2,3)10-12-8-6-4-5-7-9(8)13-10;/h2*4-7H,1-3H3,(H,12,13);. The van der Waals surface area contributed by atoms with Gasteiger partial charge in [0.1, 0.15) is 11.6 Å². The normalized spacial score (nSPS) is 11.8. The quantitative estimate of drug-likeness (QED) is 0.416. The van der Waals surface area contributed by atoms with E-state index in [9.17, 15) is 0 Å². The molecule has 5 heteroatoms. The van der Waals surface area contributed by atoms with Crippen LogP contribution in [0.4, 0.5) is 0 Å². The highest BCUT2D eigenvalue weighted by Crippen LogP contribution is 2.22. The summed E-state index contributed by atoms with van der Waals surface area (Å²) in [6, 6.07) is 16.2. The SMILES string of the molecule is CC(C)(C)c1nc2ccccc2[nH]1.CC(C)(C)c1nc2ccccc2[nH]1.[B]. The molecular formula is C22H28BN4. The van der Waals surface area contributed by atoms with Crippen molar-refractivity contribution in [2.24, 2.45) is 0 Å². The van der Waals surface area contributed by atoms with E-state index in [0.29, 0.717) is 0 Å². The molecule has 0 aliphatic heterocycles. The maximum Gasteiger partial charge on any atom is 0.112 e. The molecule has 0 saturated heterocycles. The van der Waals surface area contributed by atoms with Gasteiger partial charge in [-0.2, -0.15) is 0 Å². The number of H-pyrrole nitrogens is 2. The number of aromatic amines is 2. The zero-order chi connectivity index (χ0) is 18.9. The van der Waals surface area contributed by atoms with Gasteiger partial charge in [0.05, 0.1) is 22.1 Å². The zero-order valence-electron chi connectivity index (χ0n) is 17.1. The van der Waals surface area contributed by atoms with E-state index in [1.54, 1.807) is 0 Å². The molecule has 0 fully saturated rings. The van der Waals surface area contributed by atoms with Gasteiger partial charge >= 0.3 is 0 Å². The number of para-hydroxylation sites is 4. The van der Waals surface area contributed by atoms with Crippen molar-refractivity contribution in [3.63, 3.8) is 0 Å². The summed E-state index contributed by atoms with van der Waals surface area (Å²) in [6.45, 7) is 12.9.